The van der Waals surface area contributed by atoms with Gasteiger partial charge in [0.05, 0.1) is 0 Å². The first-order valence-electron chi connectivity index (χ1n) is 7.81. The zero-order valence-electron chi connectivity index (χ0n) is 12.8. The predicted molar refractivity (Wildman–Crippen MR) is 87.7 cm³/mol. The van der Waals surface area contributed by atoms with Crippen molar-refractivity contribution in [2.24, 2.45) is 0 Å². The lowest BCUT2D eigenvalue weighted by Gasteiger charge is -2.18. The average molecular weight is 298 g/mol. The fraction of sp³-hybridized carbons (Fsp3) is 0.647. The van der Waals surface area contributed by atoms with Crippen molar-refractivity contribution < 1.29 is 4.74 Å². The van der Waals surface area contributed by atoms with Crippen molar-refractivity contribution >= 4 is 11.6 Å². The molecule has 0 radical (unpaired) electrons. The first kappa shape index (κ1) is 17.5. The molecule has 0 heterocycles. The van der Waals surface area contributed by atoms with Gasteiger partial charge < -0.3 is 10.1 Å². The van der Waals surface area contributed by atoms with Crippen molar-refractivity contribution in [3.8, 4) is 0 Å². The molecule has 0 aliphatic heterocycles. The van der Waals surface area contributed by atoms with Gasteiger partial charge in [-0.25, -0.2) is 0 Å². The van der Waals surface area contributed by atoms with Gasteiger partial charge in [-0.1, -0.05) is 44.0 Å². The van der Waals surface area contributed by atoms with E-state index in [0.29, 0.717) is 5.92 Å². The summed E-state index contributed by atoms with van der Waals surface area (Å²) < 4.78 is 5.70. The van der Waals surface area contributed by atoms with Crippen molar-refractivity contribution in [3.05, 3.63) is 34.9 Å². The van der Waals surface area contributed by atoms with E-state index in [1.165, 1.54) is 18.4 Å². The Labute approximate surface area is 128 Å². The van der Waals surface area contributed by atoms with E-state index in [1.807, 2.05) is 12.1 Å². The number of ether oxygens (including phenoxy) is 1. The molecule has 1 aromatic rings. The molecule has 2 nitrogen and oxygen atoms in total. The van der Waals surface area contributed by atoms with Gasteiger partial charge in [-0.15, -0.1) is 0 Å². The van der Waals surface area contributed by atoms with Gasteiger partial charge in [0, 0.05) is 24.8 Å². The lowest BCUT2D eigenvalue weighted by Crippen LogP contribution is -2.23. The molecule has 0 spiro atoms. The molecule has 3 heteroatoms. The highest BCUT2D eigenvalue weighted by Crippen LogP contribution is 2.21. The van der Waals surface area contributed by atoms with Gasteiger partial charge in [-0.2, -0.15) is 0 Å². The molecule has 0 aromatic heterocycles. The van der Waals surface area contributed by atoms with E-state index in [4.69, 9.17) is 16.3 Å². The average Bonchev–Trinajstić information content (AvgIpc) is 2.46. The molecule has 0 aliphatic carbocycles. The molecule has 1 aromatic carbocycles. The first-order valence-corrected chi connectivity index (χ1v) is 8.19. The van der Waals surface area contributed by atoms with Crippen LogP contribution in [0.15, 0.2) is 24.3 Å². The SMILES string of the molecule is CCCCOCCC(CNCCC)c1ccc(Cl)cc1. The third-order valence-electron chi connectivity index (χ3n) is 3.41. The Kier molecular flexibility index (Phi) is 9.73. The zero-order chi connectivity index (χ0) is 14.6. The maximum atomic E-state index is 5.96. The van der Waals surface area contributed by atoms with E-state index >= 15 is 0 Å². The number of hydrogen-bond donors (Lipinski definition) is 1. The molecule has 1 unspecified atom stereocenters. The number of halogens is 1. The molecule has 0 bridgehead atoms. The van der Waals surface area contributed by atoms with Crippen LogP contribution in [0.1, 0.15) is 51.0 Å². The monoisotopic (exact) mass is 297 g/mol. The van der Waals surface area contributed by atoms with Gasteiger partial charge in [0.25, 0.3) is 0 Å². The Hall–Kier alpha value is -0.570. The molecule has 0 saturated carbocycles. The van der Waals surface area contributed by atoms with Crippen molar-refractivity contribution in [2.45, 2.75) is 45.4 Å². The molecular formula is C17H28ClNO. The molecule has 1 atom stereocenters. The largest absolute Gasteiger partial charge is 0.381 e. The Morgan fingerprint density at radius 1 is 1.10 bits per heavy atom. The second kappa shape index (κ2) is 11.1. The maximum Gasteiger partial charge on any atom is 0.0472 e. The fourth-order valence-corrected chi connectivity index (χ4v) is 2.27. The van der Waals surface area contributed by atoms with Crippen LogP contribution in [0.3, 0.4) is 0 Å². The lowest BCUT2D eigenvalue weighted by molar-refractivity contribution is 0.124. The highest BCUT2D eigenvalue weighted by Gasteiger charge is 2.11. The van der Waals surface area contributed by atoms with Gasteiger partial charge in [-0.3, -0.25) is 0 Å². The van der Waals surface area contributed by atoms with E-state index in [9.17, 15) is 0 Å². The van der Waals surface area contributed by atoms with Gasteiger partial charge in [-0.05, 0) is 49.4 Å². The van der Waals surface area contributed by atoms with Crippen LogP contribution < -0.4 is 5.32 Å². The molecule has 114 valence electrons. The molecule has 1 rings (SSSR count). The van der Waals surface area contributed by atoms with Crippen LogP contribution in [0.5, 0.6) is 0 Å². The Balaban J connectivity index is 2.44. The summed E-state index contributed by atoms with van der Waals surface area (Å²) in [7, 11) is 0. The number of unbranched alkanes of at least 4 members (excludes halogenated alkanes) is 1. The summed E-state index contributed by atoms with van der Waals surface area (Å²) in [6.45, 7) is 8.17. The molecule has 0 fully saturated rings. The summed E-state index contributed by atoms with van der Waals surface area (Å²) in [5.74, 6) is 0.500. The second-order valence-electron chi connectivity index (χ2n) is 5.21. The van der Waals surface area contributed by atoms with Gasteiger partial charge >= 0.3 is 0 Å². The van der Waals surface area contributed by atoms with E-state index in [0.717, 1.165) is 44.2 Å². The van der Waals surface area contributed by atoms with E-state index in [1.54, 1.807) is 0 Å². The van der Waals surface area contributed by atoms with E-state index in [-0.39, 0.29) is 0 Å². The summed E-state index contributed by atoms with van der Waals surface area (Å²) in [4.78, 5) is 0. The molecule has 0 aliphatic rings. The molecule has 0 amide bonds. The topological polar surface area (TPSA) is 21.3 Å². The summed E-state index contributed by atoms with van der Waals surface area (Å²) in [5, 5.41) is 4.31. The van der Waals surface area contributed by atoms with E-state index in [2.05, 4.69) is 31.3 Å². The van der Waals surface area contributed by atoms with Crippen LogP contribution >= 0.6 is 11.6 Å². The first-order chi connectivity index (χ1) is 9.77. The Bertz CT molecular complexity index is 339. The molecule has 20 heavy (non-hydrogen) atoms. The van der Waals surface area contributed by atoms with E-state index < -0.39 is 0 Å². The van der Waals surface area contributed by atoms with Crippen LogP contribution in [-0.4, -0.2) is 26.3 Å². The molecule has 1 N–H and O–H groups in total. The fourth-order valence-electron chi connectivity index (χ4n) is 2.15. The lowest BCUT2D eigenvalue weighted by atomic mass is 9.96. The molecule has 0 saturated heterocycles. The van der Waals surface area contributed by atoms with Gasteiger partial charge in [0.1, 0.15) is 0 Å². The summed E-state index contributed by atoms with van der Waals surface area (Å²) in [6, 6.07) is 8.21. The minimum Gasteiger partial charge on any atom is -0.381 e. The standard InChI is InChI=1S/C17H28ClNO/c1-3-5-12-20-13-10-16(14-19-11-4-2)15-6-8-17(18)9-7-15/h6-9,16,19H,3-5,10-14H2,1-2H3. The number of hydrogen-bond acceptors (Lipinski definition) is 2. The van der Waals surface area contributed by atoms with Crippen LogP contribution in [0.25, 0.3) is 0 Å². The predicted octanol–water partition coefficient (Wildman–Crippen LogP) is 4.63. The van der Waals surface area contributed by atoms with Crippen LogP contribution in [0.4, 0.5) is 0 Å². The summed E-state index contributed by atoms with van der Waals surface area (Å²) in [6.07, 6.45) is 4.57. The number of benzene rings is 1. The van der Waals surface area contributed by atoms with Crippen LogP contribution in [-0.2, 0) is 4.74 Å². The zero-order valence-corrected chi connectivity index (χ0v) is 13.6. The highest BCUT2D eigenvalue weighted by atomic mass is 35.5. The quantitative estimate of drug-likeness (QED) is 0.601. The van der Waals surface area contributed by atoms with Crippen molar-refractivity contribution in [3.63, 3.8) is 0 Å². The molecular weight excluding hydrogens is 270 g/mol. The minimum absolute atomic E-state index is 0.500. The van der Waals surface area contributed by atoms with Crippen molar-refractivity contribution in [1.29, 1.82) is 0 Å². The minimum atomic E-state index is 0.500. The smallest absolute Gasteiger partial charge is 0.0472 e. The van der Waals surface area contributed by atoms with Gasteiger partial charge in [0.2, 0.25) is 0 Å². The third-order valence-corrected chi connectivity index (χ3v) is 3.66. The Morgan fingerprint density at radius 2 is 1.85 bits per heavy atom. The Morgan fingerprint density at radius 3 is 2.50 bits per heavy atom. The normalized spacial score (nSPS) is 12.6. The highest BCUT2D eigenvalue weighted by molar-refractivity contribution is 6.30. The van der Waals surface area contributed by atoms with Crippen LogP contribution in [0.2, 0.25) is 5.02 Å². The number of rotatable bonds is 11. The van der Waals surface area contributed by atoms with Crippen molar-refractivity contribution in [2.75, 3.05) is 26.3 Å². The second-order valence-corrected chi connectivity index (χ2v) is 5.64. The maximum absolute atomic E-state index is 5.96. The third kappa shape index (κ3) is 7.28. The summed E-state index contributed by atoms with van der Waals surface area (Å²) in [5.41, 5.74) is 1.34. The van der Waals surface area contributed by atoms with Crippen molar-refractivity contribution in [1.82, 2.24) is 5.32 Å². The summed E-state index contributed by atoms with van der Waals surface area (Å²) >= 11 is 5.96. The van der Waals surface area contributed by atoms with Crippen LogP contribution in [0, 0.1) is 0 Å². The van der Waals surface area contributed by atoms with Gasteiger partial charge in [0.15, 0.2) is 0 Å². The number of nitrogens with one attached hydrogen (secondary N) is 1.